The van der Waals surface area contributed by atoms with Gasteiger partial charge in [-0.15, -0.1) is 0 Å². The first kappa shape index (κ1) is 14.1. The number of nitrogens with one attached hydrogen (secondary N) is 2. The lowest BCUT2D eigenvalue weighted by molar-refractivity contribution is 0.288. The van der Waals surface area contributed by atoms with Crippen LogP contribution in [0.25, 0.3) is 0 Å². The zero-order chi connectivity index (χ0) is 10.8. The average Bonchev–Trinajstić information content (AvgIpc) is 2.20. The maximum Gasteiger partial charge on any atom is 0.185 e. The van der Waals surface area contributed by atoms with Crippen LogP contribution < -0.4 is 9.96 Å². The molecule has 0 aliphatic heterocycles. The molecule has 0 aromatic heterocycles. The summed E-state index contributed by atoms with van der Waals surface area (Å²) in [4.78, 5) is 9.36. The van der Waals surface area contributed by atoms with Crippen LogP contribution in [0.15, 0.2) is 0 Å². The van der Waals surface area contributed by atoms with Crippen molar-refractivity contribution in [2.24, 2.45) is 0 Å². The zero-order valence-electron chi connectivity index (χ0n) is 10.3. The molecule has 0 spiro atoms. The molecule has 0 bridgehead atoms. The summed E-state index contributed by atoms with van der Waals surface area (Å²) in [6.07, 6.45) is 2.54. The van der Waals surface area contributed by atoms with Gasteiger partial charge < -0.3 is 14.9 Å². The van der Waals surface area contributed by atoms with Crippen LogP contribution >= 0.6 is 0 Å². The van der Waals surface area contributed by atoms with Gasteiger partial charge in [-0.2, -0.15) is 0 Å². The van der Waals surface area contributed by atoms with Crippen LogP contribution in [0.2, 0.25) is 6.04 Å². The summed E-state index contributed by atoms with van der Waals surface area (Å²) in [6, 6.07) is 1.31. The second-order valence-electron chi connectivity index (χ2n) is 3.76. The summed E-state index contributed by atoms with van der Waals surface area (Å²) in [5.74, 6) is 0. The Morgan fingerprint density at radius 3 is 1.79 bits per heavy atom. The molecule has 0 aliphatic carbocycles. The smallest absolute Gasteiger partial charge is 0.185 e. The van der Waals surface area contributed by atoms with Crippen LogP contribution in [0.4, 0.5) is 0 Å². The molecular weight excluding hydrogens is 190 g/mol. The van der Waals surface area contributed by atoms with Crippen molar-refractivity contribution in [1.82, 2.24) is 14.9 Å². The lowest BCUT2D eigenvalue weighted by Gasteiger charge is -2.23. The van der Waals surface area contributed by atoms with Gasteiger partial charge in [-0.1, -0.05) is 13.8 Å². The molecule has 3 nitrogen and oxygen atoms in total. The molecule has 86 valence electrons. The van der Waals surface area contributed by atoms with Crippen LogP contribution in [-0.4, -0.2) is 47.7 Å². The number of hydrogen-bond donors (Lipinski definition) is 2. The van der Waals surface area contributed by atoms with Gasteiger partial charge in [-0.3, -0.25) is 0 Å². The first-order valence-corrected chi connectivity index (χ1v) is 7.82. The fourth-order valence-electron chi connectivity index (χ4n) is 1.71. The molecular formula is C10H27N3Si. The van der Waals surface area contributed by atoms with E-state index in [1.807, 2.05) is 0 Å². The fraction of sp³-hybridized carbons (Fsp3) is 1.00. The van der Waals surface area contributed by atoms with Gasteiger partial charge in [0.2, 0.25) is 0 Å². The van der Waals surface area contributed by atoms with Gasteiger partial charge in [0, 0.05) is 0 Å². The minimum absolute atomic E-state index is 0.840. The van der Waals surface area contributed by atoms with Gasteiger partial charge in [-0.25, -0.2) is 0 Å². The largest absolute Gasteiger partial charge is 0.331 e. The van der Waals surface area contributed by atoms with E-state index in [-0.39, 0.29) is 0 Å². The molecule has 4 heteroatoms. The van der Waals surface area contributed by atoms with Gasteiger partial charge in [0.25, 0.3) is 0 Å². The highest BCUT2D eigenvalue weighted by atomic mass is 28.3. The quantitative estimate of drug-likeness (QED) is 0.559. The Balaban J connectivity index is 3.67. The van der Waals surface area contributed by atoms with E-state index in [9.17, 15) is 0 Å². The summed E-state index contributed by atoms with van der Waals surface area (Å²) in [5.41, 5.74) is 0. The van der Waals surface area contributed by atoms with Gasteiger partial charge >= 0.3 is 0 Å². The second kappa shape index (κ2) is 9.64. The third-order valence-corrected chi connectivity index (χ3v) is 4.74. The van der Waals surface area contributed by atoms with Gasteiger partial charge in [-0.05, 0) is 52.6 Å². The van der Waals surface area contributed by atoms with Crippen molar-refractivity contribution in [2.75, 3.05) is 33.7 Å². The van der Waals surface area contributed by atoms with Crippen molar-refractivity contribution in [2.45, 2.75) is 32.7 Å². The Bertz CT molecular complexity index is 112. The highest BCUT2D eigenvalue weighted by Gasteiger charge is 2.08. The van der Waals surface area contributed by atoms with E-state index in [1.165, 1.54) is 38.5 Å². The minimum Gasteiger partial charge on any atom is -0.331 e. The topological polar surface area (TPSA) is 27.3 Å². The molecule has 0 fully saturated rings. The second-order valence-corrected chi connectivity index (χ2v) is 6.60. The molecule has 2 N–H and O–H groups in total. The first-order chi connectivity index (χ1) is 6.78. The van der Waals surface area contributed by atoms with Crippen LogP contribution in [0.5, 0.6) is 0 Å². The van der Waals surface area contributed by atoms with Crippen molar-refractivity contribution in [3.63, 3.8) is 0 Å². The Hall–Kier alpha value is 0.0969. The molecule has 0 rings (SSSR count). The summed E-state index contributed by atoms with van der Waals surface area (Å²) < 4.78 is 0. The lowest BCUT2D eigenvalue weighted by Crippen LogP contribution is -2.45. The molecule has 0 radical (unpaired) electrons. The highest BCUT2D eigenvalue weighted by molar-refractivity contribution is 6.53. The lowest BCUT2D eigenvalue weighted by atomic mass is 10.3. The third kappa shape index (κ3) is 6.54. The van der Waals surface area contributed by atoms with Crippen molar-refractivity contribution < 1.29 is 0 Å². The molecule has 0 amide bonds. The standard InChI is InChI=1S/C10H27N3Si/c1-5-7-13(8-6-2)9-10-14(11-3)12-4/h11-12,14H,5-10H2,1-4H3. The van der Waals surface area contributed by atoms with Crippen LogP contribution in [0.1, 0.15) is 26.7 Å². The maximum atomic E-state index is 3.39. The summed E-state index contributed by atoms with van der Waals surface area (Å²) in [7, 11) is 3.29. The molecule has 0 atom stereocenters. The highest BCUT2D eigenvalue weighted by Crippen LogP contribution is 1.97. The van der Waals surface area contributed by atoms with Crippen LogP contribution in [0.3, 0.4) is 0 Å². The van der Waals surface area contributed by atoms with E-state index in [4.69, 9.17) is 0 Å². The maximum absolute atomic E-state index is 3.39. The monoisotopic (exact) mass is 217 g/mol. The molecule has 0 aromatic carbocycles. The van der Waals surface area contributed by atoms with E-state index in [0.29, 0.717) is 0 Å². The molecule has 0 aromatic rings. The predicted octanol–water partition coefficient (Wildman–Crippen LogP) is 0.768. The van der Waals surface area contributed by atoms with Crippen molar-refractivity contribution in [3.8, 4) is 0 Å². The number of rotatable bonds is 9. The normalized spacial score (nSPS) is 11.6. The predicted molar refractivity (Wildman–Crippen MR) is 67.1 cm³/mol. The van der Waals surface area contributed by atoms with Gasteiger partial charge in [0.1, 0.15) is 0 Å². The van der Waals surface area contributed by atoms with E-state index in [1.54, 1.807) is 0 Å². The summed E-state index contributed by atoms with van der Waals surface area (Å²) in [6.45, 7) is 8.27. The van der Waals surface area contributed by atoms with E-state index >= 15 is 0 Å². The van der Waals surface area contributed by atoms with Crippen LogP contribution in [0, 0.1) is 0 Å². The van der Waals surface area contributed by atoms with Crippen molar-refractivity contribution >= 4 is 9.12 Å². The van der Waals surface area contributed by atoms with Crippen molar-refractivity contribution in [1.29, 1.82) is 0 Å². The van der Waals surface area contributed by atoms with Gasteiger partial charge in [0.05, 0.1) is 0 Å². The summed E-state index contributed by atoms with van der Waals surface area (Å²) >= 11 is 0. The minimum atomic E-state index is -0.840. The molecule has 0 aliphatic rings. The zero-order valence-corrected chi connectivity index (χ0v) is 11.4. The molecule has 14 heavy (non-hydrogen) atoms. The van der Waals surface area contributed by atoms with Crippen molar-refractivity contribution in [3.05, 3.63) is 0 Å². The number of hydrogen-bond acceptors (Lipinski definition) is 3. The SMILES string of the molecule is CCCN(CCC)CC[SiH](NC)NC. The summed E-state index contributed by atoms with van der Waals surface area (Å²) in [5, 5.41) is 0. The Labute approximate surface area is 91.0 Å². The Morgan fingerprint density at radius 1 is 0.929 bits per heavy atom. The van der Waals surface area contributed by atoms with E-state index in [2.05, 4.69) is 42.8 Å². The molecule has 0 heterocycles. The van der Waals surface area contributed by atoms with Gasteiger partial charge in [0.15, 0.2) is 9.12 Å². The van der Waals surface area contributed by atoms with Crippen LogP contribution in [-0.2, 0) is 0 Å². The molecule has 0 saturated heterocycles. The molecule has 0 saturated carbocycles. The van der Waals surface area contributed by atoms with E-state index in [0.717, 1.165) is 0 Å². The average molecular weight is 217 g/mol. The fourth-order valence-corrected chi connectivity index (χ4v) is 3.20. The third-order valence-electron chi connectivity index (χ3n) is 2.51. The Morgan fingerprint density at radius 2 is 1.43 bits per heavy atom. The molecule has 0 unspecified atom stereocenters. The Kier molecular flexibility index (Phi) is 9.71. The first-order valence-electron chi connectivity index (χ1n) is 5.85. The van der Waals surface area contributed by atoms with E-state index < -0.39 is 9.12 Å². The number of nitrogens with zero attached hydrogens (tertiary/aromatic N) is 1.